The highest BCUT2D eigenvalue weighted by atomic mass is 32.1. The Morgan fingerprint density at radius 3 is 2.82 bits per heavy atom. The summed E-state index contributed by atoms with van der Waals surface area (Å²) in [6.45, 7) is 3.91. The molecule has 0 aliphatic carbocycles. The topological polar surface area (TPSA) is 94.0 Å². The van der Waals surface area contributed by atoms with Crippen molar-refractivity contribution in [3.63, 3.8) is 0 Å². The molecule has 2 aromatic rings. The number of nitrogen functional groups attached to an aromatic ring is 1. The van der Waals surface area contributed by atoms with E-state index in [1.54, 1.807) is 11.3 Å². The van der Waals surface area contributed by atoms with Crippen molar-refractivity contribution in [1.82, 2.24) is 15.6 Å². The lowest BCUT2D eigenvalue weighted by atomic mass is 10.2. The minimum absolute atomic E-state index is 0.00272. The zero-order valence-corrected chi connectivity index (χ0v) is 10.2. The van der Waals surface area contributed by atoms with E-state index in [-0.39, 0.29) is 23.5 Å². The van der Waals surface area contributed by atoms with Gasteiger partial charge >= 0.3 is 0 Å². The Morgan fingerprint density at radius 2 is 2.29 bits per heavy atom. The van der Waals surface area contributed by atoms with Gasteiger partial charge in [-0.25, -0.2) is 4.63 Å². The molecule has 2 rings (SSSR count). The number of aryl methyl sites for hydroxylation is 1. The van der Waals surface area contributed by atoms with E-state index in [9.17, 15) is 4.79 Å². The molecule has 0 saturated heterocycles. The molecule has 1 unspecified atom stereocenters. The number of carbonyl (C=O) groups is 1. The molecule has 3 N–H and O–H groups in total. The van der Waals surface area contributed by atoms with Crippen LogP contribution in [0.4, 0.5) is 5.82 Å². The molecule has 6 nitrogen and oxygen atoms in total. The van der Waals surface area contributed by atoms with Crippen LogP contribution < -0.4 is 11.1 Å². The van der Waals surface area contributed by atoms with E-state index >= 15 is 0 Å². The molecule has 0 aromatic carbocycles. The van der Waals surface area contributed by atoms with E-state index in [0.29, 0.717) is 0 Å². The van der Waals surface area contributed by atoms with Crippen LogP contribution in [0.25, 0.3) is 0 Å². The summed E-state index contributed by atoms with van der Waals surface area (Å²) in [7, 11) is 0. The fourth-order valence-electron chi connectivity index (χ4n) is 1.38. The van der Waals surface area contributed by atoms with E-state index in [0.717, 1.165) is 4.88 Å². The van der Waals surface area contributed by atoms with Gasteiger partial charge in [-0.15, -0.1) is 11.3 Å². The van der Waals surface area contributed by atoms with Crippen molar-refractivity contribution >= 4 is 23.1 Å². The van der Waals surface area contributed by atoms with Crippen LogP contribution in [0.3, 0.4) is 0 Å². The first kappa shape index (κ1) is 11.6. The van der Waals surface area contributed by atoms with Crippen molar-refractivity contribution in [1.29, 1.82) is 0 Å². The van der Waals surface area contributed by atoms with Crippen molar-refractivity contribution in [3.8, 4) is 0 Å². The molecule has 1 amide bonds. The van der Waals surface area contributed by atoms with Gasteiger partial charge in [0.1, 0.15) is 0 Å². The van der Waals surface area contributed by atoms with Crippen LogP contribution in [0.2, 0.25) is 0 Å². The summed E-state index contributed by atoms with van der Waals surface area (Å²) in [6.07, 6.45) is 0. The molecule has 0 bridgehead atoms. The summed E-state index contributed by atoms with van der Waals surface area (Å²) < 4.78 is 4.37. The van der Waals surface area contributed by atoms with Gasteiger partial charge in [-0.05, 0) is 36.3 Å². The van der Waals surface area contributed by atoms with Crippen LogP contribution >= 0.6 is 11.3 Å². The van der Waals surface area contributed by atoms with E-state index in [4.69, 9.17) is 5.73 Å². The van der Waals surface area contributed by atoms with Crippen molar-refractivity contribution in [2.45, 2.75) is 19.9 Å². The van der Waals surface area contributed by atoms with Crippen molar-refractivity contribution in [2.75, 3.05) is 5.73 Å². The molecule has 90 valence electrons. The molecule has 7 heteroatoms. The third-order valence-corrected chi connectivity index (χ3v) is 3.45. The molecule has 1 atom stereocenters. The highest BCUT2D eigenvalue weighted by Gasteiger charge is 2.19. The van der Waals surface area contributed by atoms with Crippen LogP contribution in [-0.2, 0) is 0 Å². The van der Waals surface area contributed by atoms with Crippen LogP contribution in [0.15, 0.2) is 16.8 Å². The predicted octanol–water partition coefficient (Wildman–Crippen LogP) is 1.51. The van der Waals surface area contributed by atoms with Gasteiger partial charge in [-0.3, -0.25) is 4.79 Å². The van der Waals surface area contributed by atoms with Crippen LogP contribution in [0.5, 0.6) is 0 Å². The predicted molar refractivity (Wildman–Crippen MR) is 63.6 cm³/mol. The van der Waals surface area contributed by atoms with Gasteiger partial charge in [0, 0.05) is 9.75 Å². The maximum absolute atomic E-state index is 11.8. The lowest BCUT2D eigenvalue weighted by Gasteiger charge is -2.10. The van der Waals surface area contributed by atoms with Crippen LogP contribution in [0, 0.1) is 6.92 Å². The summed E-state index contributed by atoms with van der Waals surface area (Å²) >= 11 is 1.63. The minimum atomic E-state index is -0.387. The number of aromatic nitrogens is 2. The molecule has 0 fully saturated rings. The van der Waals surface area contributed by atoms with E-state index in [1.165, 1.54) is 4.88 Å². The molecule has 0 aliphatic heterocycles. The van der Waals surface area contributed by atoms with E-state index < -0.39 is 0 Å². The fraction of sp³-hybridized carbons (Fsp3) is 0.300. The van der Waals surface area contributed by atoms with Gasteiger partial charge in [0.2, 0.25) is 11.5 Å². The first-order valence-electron chi connectivity index (χ1n) is 5.03. The second-order valence-electron chi connectivity index (χ2n) is 3.64. The second-order valence-corrected chi connectivity index (χ2v) is 4.96. The Bertz CT molecular complexity index is 534. The first-order valence-corrected chi connectivity index (χ1v) is 5.85. The molecule has 0 spiro atoms. The molecule has 0 radical (unpaired) electrons. The van der Waals surface area contributed by atoms with E-state index in [1.807, 2.05) is 26.0 Å². The van der Waals surface area contributed by atoms with Gasteiger partial charge in [-0.2, -0.15) is 0 Å². The van der Waals surface area contributed by atoms with Crippen LogP contribution in [0.1, 0.15) is 33.2 Å². The Kier molecular flexibility index (Phi) is 3.10. The third-order valence-electron chi connectivity index (χ3n) is 2.26. The van der Waals surface area contributed by atoms with E-state index in [2.05, 4.69) is 20.3 Å². The Balaban J connectivity index is 2.07. The summed E-state index contributed by atoms with van der Waals surface area (Å²) in [5, 5.41) is 9.58. The zero-order valence-electron chi connectivity index (χ0n) is 9.43. The number of rotatable bonds is 3. The summed E-state index contributed by atoms with van der Waals surface area (Å²) in [5.41, 5.74) is 5.45. The molecule has 17 heavy (non-hydrogen) atoms. The average molecular weight is 252 g/mol. The summed E-state index contributed by atoms with van der Waals surface area (Å²) in [5.74, 6) is -0.389. The number of thiophene rings is 1. The number of nitrogens with zero attached hydrogens (tertiary/aromatic N) is 2. The summed E-state index contributed by atoms with van der Waals surface area (Å²) in [4.78, 5) is 14.0. The van der Waals surface area contributed by atoms with Crippen molar-refractivity contribution < 1.29 is 9.42 Å². The van der Waals surface area contributed by atoms with Crippen molar-refractivity contribution in [2.24, 2.45) is 0 Å². The number of amides is 1. The number of anilines is 1. The van der Waals surface area contributed by atoms with Crippen molar-refractivity contribution in [3.05, 3.63) is 27.6 Å². The molecular formula is C10H12N4O2S. The number of nitrogens with two attached hydrogens (primary N) is 1. The number of hydrogen-bond acceptors (Lipinski definition) is 6. The Hall–Kier alpha value is -1.89. The SMILES string of the molecule is Cc1ccc(C(C)NC(=O)c2nonc2N)s1. The highest BCUT2D eigenvalue weighted by molar-refractivity contribution is 7.12. The zero-order chi connectivity index (χ0) is 12.4. The maximum atomic E-state index is 11.8. The van der Waals surface area contributed by atoms with Gasteiger partial charge in [-0.1, -0.05) is 0 Å². The smallest absolute Gasteiger partial charge is 0.277 e. The first-order chi connectivity index (χ1) is 8.08. The monoisotopic (exact) mass is 252 g/mol. The van der Waals surface area contributed by atoms with Gasteiger partial charge < -0.3 is 11.1 Å². The number of hydrogen-bond donors (Lipinski definition) is 2. The second kappa shape index (κ2) is 4.54. The lowest BCUT2D eigenvalue weighted by molar-refractivity contribution is 0.0931. The van der Waals surface area contributed by atoms with Gasteiger partial charge in [0.15, 0.2) is 0 Å². The normalized spacial score (nSPS) is 12.4. The average Bonchev–Trinajstić information content (AvgIpc) is 2.86. The fourth-order valence-corrected chi connectivity index (χ4v) is 2.25. The molecule has 2 heterocycles. The molecule has 0 aliphatic rings. The molecule has 0 saturated carbocycles. The highest BCUT2D eigenvalue weighted by Crippen LogP contribution is 2.22. The Morgan fingerprint density at radius 1 is 1.53 bits per heavy atom. The maximum Gasteiger partial charge on any atom is 0.277 e. The Labute approximate surface area is 102 Å². The standard InChI is InChI=1S/C10H12N4O2S/c1-5-3-4-7(17-5)6(2)12-10(15)8-9(11)14-16-13-8/h3-4,6H,1-2H3,(H2,11,14)(H,12,15). The quantitative estimate of drug-likeness (QED) is 0.863. The van der Waals surface area contributed by atoms with Crippen LogP contribution in [-0.4, -0.2) is 16.2 Å². The molecular weight excluding hydrogens is 240 g/mol. The van der Waals surface area contributed by atoms with Gasteiger partial charge in [0.25, 0.3) is 5.91 Å². The lowest BCUT2D eigenvalue weighted by Crippen LogP contribution is -2.27. The minimum Gasteiger partial charge on any atom is -0.379 e. The number of nitrogens with one attached hydrogen (secondary N) is 1. The third kappa shape index (κ3) is 2.44. The summed E-state index contributed by atoms with van der Waals surface area (Å²) in [6, 6.07) is 3.89. The largest absolute Gasteiger partial charge is 0.379 e. The number of carbonyl (C=O) groups excluding carboxylic acids is 1. The van der Waals surface area contributed by atoms with Gasteiger partial charge in [0.05, 0.1) is 6.04 Å². The molecule has 2 aromatic heterocycles.